The van der Waals surface area contributed by atoms with Gasteiger partial charge >= 0.3 is 5.97 Å². The van der Waals surface area contributed by atoms with Crippen LogP contribution in [0.3, 0.4) is 0 Å². The number of esters is 1. The van der Waals surface area contributed by atoms with Crippen LogP contribution >= 0.6 is 22.9 Å². The third-order valence-electron chi connectivity index (χ3n) is 3.88. The fourth-order valence-electron chi connectivity index (χ4n) is 2.74. The standard InChI is InChI=1S/C19H18ClNO2S/c1-4-23-19(22)17-16(14-7-9-15(20)10-8-14)11-24-18(17)21-12(2)5-6-13(21)3/h5-11H,4H2,1-3H3. The largest absolute Gasteiger partial charge is 0.462 e. The van der Waals surface area contributed by atoms with Crippen molar-refractivity contribution in [3.8, 4) is 16.1 Å². The Hall–Kier alpha value is -2.04. The van der Waals surface area contributed by atoms with Crippen molar-refractivity contribution in [3.05, 3.63) is 63.8 Å². The maximum Gasteiger partial charge on any atom is 0.341 e. The SMILES string of the molecule is CCOC(=O)c1c(-c2ccc(Cl)cc2)csc1-n1c(C)ccc1C. The van der Waals surface area contributed by atoms with Crippen LogP contribution in [0.4, 0.5) is 0 Å². The van der Waals surface area contributed by atoms with E-state index >= 15 is 0 Å². The molecule has 2 heterocycles. The summed E-state index contributed by atoms with van der Waals surface area (Å²) in [6.07, 6.45) is 0. The van der Waals surface area contributed by atoms with Crippen LogP contribution in [-0.2, 0) is 4.74 Å². The highest BCUT2D eigenvalue weighted by atomic mass is 35.5. The summed E-state index contributed by atoms with van der Waals surface area (Å²) in [6, 6.07) is 11.6. The fraction of sp³-hybridized carbons (Fsp3) is 0.211. The van der Waals surface area contributed by atoms with E-state index in [0.717, 1.165) is 27.5 Å². The van der Waals surface area contributed by atoms with Gasteiger partial charge in [0.1, 0.15) is 10.6 Å². The minimum atomic E-state index is -0.300. The topological polar surface area (TPSA) is 31.2 Å². The smallest absolute Gasteiger partial charge is 0.341 e. The molecule has 5 heteroatoms. The van der Waals surface area contributed by atoms with Crippen molar-refractivity contribution in [1.82, 2.24) is 4.57 Å². The molecular formula is C19H18ClNO2S. The monoisotopic (exact) mass is 359 g/mol. The Bertz CT molecular complexity index is 858. The molecule has 0 saturated heterocycles. The number of rotatable bonds is 4. The molecule has 0 radical (unpaired) electrons. The van der Waals surface area contributed by atoms with Gasteiger partial charge in [-0.05, 0) is 50.6 Å². The van der Waals surface area contributed by atoms with Crippen LogP contribution in [0.5, 0.6) is 0 Å². The zero-order chi connectivity index (χ0) is 17.3. The molecule has 0 amide bonds. The lowest BCUT2D eigenvalue weighted by molar-refractivity contribution is 0.0528. The molecule has 24 heavy (non-hydrogen) atoms. The molecule has 0 spiro atoms. The Labute approximate surface area is 150 Å². The lowest BCUT2D eigenvalue weighted by Gasteiger charge is -2.11. The van der Waals surface area contributed by atoms with E-state index in [1.54, 1.807) is 11.3 Å². The lowest BCUT2D eigenvalue weighted by Crippen LogP contribution is -2.10. The Balaban J connectivity index is 2.21. The van der Waals surface area contributed by atoms with Gasteiger partial charge in [0.25, 0.3) is 0 Å². The predicted octanol–water partition coefficient (Wildman–Crippen LogP) is 5.65. The zero-order valence-electron chi connectivity index (χ0n) is 13.8. The van der Waals surface area contributed by atoms with Gasteiger partial charge in [-0.15, -0.1) is 11.3 Å². The molecule has 0 unspecified atom stereocenters. The summed E-state index contributed by atoms with van der Waals surface area (Å²) in [6.45, 7) is 6.23. The van der Waals surface area contributed by atoms with Gasteiger partial charge in [-0.2, -0.15) is 0 Å². The molecule has 0 aliphatic heterocycles. The molecule has 0 bridgehead atoms. The van der Waals surface area contributed by atoms with Crippen LogP contribution in [0.1, 0.15) is 28.7 Å². The summed E-state index contributed by atoms with van der Waals surface area (Å²) in [5.41, 5.74) is 4.60. The van der Waals surface area contributed by atoms with Crippen LogP contribution < -0.4 is 0 Å². The minimum Gasteiger partial charge on any atom is -0.462 e. The molecule has 0 N–H and O–H groups in total. The van der Waals surface area contributed by atoms with E-state index in [1.807, 2.05) is 62.5 Å². The molecule has 0 saturated carbocycles. The van der Waals surface area contributed by atoms with Crippen molar-refractivity contribution < 1.29 is 9.53 Å². The van der Waals surface area contributed by atoms with E-state index < -0.39 is 0 Å². The first kappa shape index (κ1) is 16.8. The normalized spacial score (nSPS) is 10.8. The Morgan fingerprint density at radius 1 is 1.12 bits per heavy atom. The third kappa shape index (κ3) is 2.99. The number of nitrogens with zero attached hydrogens (tertiary/aromatic N) is 1. The molecular weight excluding hydrogens is 342 g/mol. The van der Waals surface area contributed by atoms with Crippen molar-refractivity contribution in [2.75, 3.05) is 6.61 Å². The maximum atomic E-state index is 12.7. The molecule has 124 valence electrons. The van der Waals surface area contributed by atoms with Gasteiger partial charge in [0.15, 0.2) is 0 Å². The second-order valence-corrected chi connectivity index (χ2v) is 6.80. The van der Waals surface area contributed by atoms with Crippen molar-refractivity contribution >= 4 is 28.9 Å². The molecule has 1 aromatic carbocycles. The lowest BCUT2D eigenvalue weighted by atomic mass is 10.0. The summed E-state index contributed by atoms with van der Waals surface area (Å²) in [5.74, 6) is -0.300. The highest BCUT2D eigenvalue weighted by Crippen LogP contribution is 2.36. The molecule has 2 aromatic heterocycles. The third-order valence-corrected chi connectivity index (χ3v) is 5.10. The Morgan fingerprint density at radius 2 is 1.75 bits per heavy atom. The number of carbonyl (C=O) groups excluding carboxylic acids is 1. The number of benzene rings is 1. The number of aromatic nitrogens is 1. The van der Waals surface area contributed by atoms with E-state index in [9.17, 15) is 4.79 Å². The van der Waals surface area contributed by atoms with Crippen molar-refractivity contribution in [3.63, 3.8) is 0 Å². The number of aryl methyl sites for hydroxylation is 2. The first-order valence-electron chi connectivity index (χ1n) is 7.72. The van der Waals surface area contributed by atoms with E-state index in [-0.39, 0.29) is 5.97 Å². The van der Waals surface area contributed by atoms with Crippen LogP contribution in [0, 0.1) is 13.8 Å². The number of hydrogen-bond donors (Lipinski definition) is 0. The quantitative estimate of drug-likeness (QED) is 0.563. The van der Waals surface area contributed by atoms with Gasteiger partial charge in [-0.25, -0.2) is 4.79 Å². The van der Waals surface area contributed by atoms with Crippen molar-refractivity contribution in [2.45, 2.75) is 20.8 Å². The Morgan fingerprint density at radius 3 is 2.33 bits per heavy atom. The highest BCUT2D eigenvalue weighted by molar-refractivity contribution is 7.13. The molecule has 3 aromatic rings. The van der Waals surface area contributed by atoms with Crippen LogP contribution in [-0.4, -0.2) is 17.1 Å². The Kier molecular flexibility index (Phi) is 4.78. The fourth-order valence-corrected chi connectivity index (χ4v) is 4.06. The van der Waals surface area contributed by atoms with E-state index in [0.29, 0.717) is 17.2 Å². The van der Waals surface area contributed by atoms with E-state index in [1.165, 1.54) is 0 Å². The summed E-state index contributed by atoms with van der Waals surface area (Å²) in [7, 11) is 0. The first-order chi connectivity index (χ1) is 11.5. The number of ether oxygens (including phenoxy) is 1. The van der Waals surface area contributed by atoms with E-state index in [4.69, 9.17) is 16.3 Å². The average molecular weight is 360 g/mol. The number of carbonyl (C=O) groups is 1. The van der Waals surface area contributed by atoms with Gasteiger partial charge in [0.05, 0.1) is 6.61 Å². The van der Waals surface area contributed by atoms with Gasteiger partial charge in [-0.3, -0.25) is 0 Å². The molecule has 0 atom stereocenters. The van der Waals surface area contributed by atoms with Crippen molar-refractivity contribution in [2.24, 2.45) is 0 Å². The predicted molar refractivity (Wildman–Crippen MR) is 99.5 cm³/mol. The summed E-state index contributed by atoms with van der Waals surface area (Å²) in [5, 5.41) is 3.56. The second-order valence-electron chi connectivity index (χ2n) is 5.51. The van der Waals surface area contributed by atoms with E-state index in [2.05, 4.69) is 4.57 Å². The van der Waals surface area contributed by atoms with Gasteiger partial charge in [0.2, 0.25) is 0 Å². The average Bonchev–Trinajstić information content (AvgIpc) is 3.12. The van der Waals surface area contributed by atoms with Crippen LogP contribution in [0.25, 0.3) is 16.1 Å². The number of hydrogen-bond acceptors (Lipinski definition) is 3. The molecule has 3 nitrogen and oxygen atoms in total. The molecule has 0 aliphatic carbocycles. The van der Waals surface area contributed by atoms with Crippen molar-refractivity contribution in [1.29, 1.82) is 0 Å². The molecule has 0 aliphatic rings. The van der Waals surface area contributed by atoms with Gasteiger partial charge in [-0.1, -0.05) is 23.7 Å². The zero-order valence-corrected chi connectivity index (χ0v) is 15.4. The van der Waals surface area contributed by atoms with Crippen LogP contribution in [0.2, 0.25) is 5.02 Å². The molecule has 0 fully saturated rings. The number of thiophene rings is 1. The number of halogens is 1. The summed E-state index contributed by atoms with van der Waals surface area (Å²) < 4.78 is 7.41. The highest BCUT2D eigenvalue weighted by Gasteiger charge is 2.23. The van der Waals surface area contributed by atoms with Crippen LogP contribution in [0.15, 0.2) is 41.8 Å². The second kappa shape index (κ2) is 6.83. The van der Waals surface area contributed by atoms with Gasteiger partial charge in [0, 0.05) is 27.4 Å². The minimum absolute atomic E-state index is 0.300. The van der Waals surface area contributed by atoms with Gasteiger partial charge < -0.3 is 9.30 Å². The first-order valence-corrected chi connectivity index (χ1v) is 8.98. The summed E-state index contributed by atoms with van der Waals surface area (Å²) in [4.78, 5) is 12.7. The summed E-state index contributed by atoms with van der Waals surface area (Å²) >= 11 is 7.53. The maximum absolute atomic E-state index is 12.7. The molecule has 3 rings (SSSR count).